The number of pyridine rings is 1. The molecule has 2 rings (SSSR count). The zero-order valence-corrected chi connectivity index (χ0v) is 9.75. The van der Waals surface area contributed by atoms with Crippen LogP contribution in [0.3, 0.4) is 0 Å². The van der Waals surface area contributed by atoms with E-state index >= 15 is 0 Å². The number of nitrogens with zero attached hydrogens (tertiary/aromatic N) is 2. The molecule has 0 aliphatic heterocycles. The van der Waals surface area contributed by atoms with Gasteiger partial charge in [-0.1, -0.05) is 0 Å². The fourth-order valence-corrected chi connectivity index (χ4v) is 2.37. The van der Waals surface area contributed by atoms with E-state index in [1.165, 1.54) is 6.20 Å². The highest BCUT2D eigenvalue weighted by Crippen LogP contribution is 2.29. The van der Waals surface area contributed by atoms with Crippen molar-refractivity contribution in [1.82, 2.24) is 9.97 Å². The van der Waals surface area contributed by atoms with E-state index in [2.05, 4.69) is 25.9 Å². The SMILES string of the molecule is O=C(O)c1cnc(-c2ncccc2Br)s1. The molecule has 0 fully saturated rings. The van der Waals surface area contributed by atoms with Gasteiger partial charge in [-0.3, -0.25) is 4.98 Å². The van der Waals surface area contributed by atoms with Crippen molar-refractivity contribution >= 4 is 33.2 Å². The second-order valence-electron chi connectivity index (χ2n) is 2.67. The van der Waals surface area contributed by atoms with Gasteiger partial charge in [-0.05, 0) is 28.1 Å². The second-order valence-corrected chi connectivity index (χ2v) is 4.55. The molecule has 0 aliphatic carbocycles. The molecule has 1 N–H and O–H groups in total. The summed E-state index contributed by atoms with van der Waals surface area (Å²) >= 11 is 4.44. The molecule has 0 aromatic carbocycles. The van der Waals surface area contributed by atoms with E-state index in [1.54, 1.807) is 12.3 Å². The van der Waals surface area contributed by atoms with Gasteiger partial charge in [-0.2, -0.15) is 0 Å². The Morgan fingerprint density at radius 2 is 2.27 bits per heavy atom. The first kappa shape index (κ1) is 10.3. The number of hydrogen-bond acceptors (Lipinski definition) is 4. The molecule has 0 radical (unpaired) electrons. The van der Waals surface area contributed by atoms with Gasteiger partial charge in [-0.25, -0.2) is 9.78 Å². The molecule has 2 aromatic heterocycles. The molecule has 6 heteroatoms. The van der Waals surface area contributed by atoms with Gasteiger partial charge in [0.2, 0.25) is 0 Å². The molecule has 0 saturated carbocycles. The number of thiazole rings is 1. The predicted molar refractivity (Wildman–Crippen MR) is 60.0 cm³/mol. The smallest absolute Gasteiger partial charge is 0.347 e. The maximum atomic E-state index is 10.7. The molecule has 0 spiro atoms. The molecule has 4 nitrogen and oxygen atoms in total. The standard InChI is InChI=1S/C9H5BrN2O2S/c10-5-2-1-3-11-7(5)8-12-4-6(15-8)9(13)14/h1-4H,(H,13,14). The van der Waals surface area contributed by atoms with E-state index in [0.29, 0.717) is 10.7 Å². The fraction of sp³-hybridized carbons (Fsp3) is 0. The van der Waals surface area contributed by atoms with Crippen LogP contribution < -0.4 is 0 Å². The topological polar surface area (TPSA) is 63.1 Å². The maximum Gasteiger partial charge on any atom is 0.347 e. The van der Waals surface area contributed by atoms with Crippen molar-refractivity contribution in [3.05, 3.63) is 33.9 Å². The number of rotatable bonds is 2. The number of aromatic carboxylic acids is 1. The number of halogens is 1. The lowest BCUT2D eigenvalue weighted by molar-refractivity contribution is 0.0702. The van der Waals surface area contributed by atoms with Crippen LogP contribution in [-0.4, -0.2) is 21.0 Å². The number of carboxylic acid groups (broad SMARTS) is 1. The van der Waals surface area contributed by atoms with Crippen molar-refractivity contribution in [2.24, 2.45) is 0 Å². The molecule has 2 heterocycles. The van der Waals surface area contributed by atoms with Crippen LogP contribution in [0.5, 0.6) is 0 Å². The number of carboxylic acids is 1. The van der Waals surface area contributed by atoms with Crippen molar-refractivity contribution < 1.29 is 9.90 Å². The third kappa shape index (κ3) is 2.05. The summed E-state index contributed by atoms with van der Waals surface area (Å²) in [6, 6.07) is 3.63. The van der Waals surface area contributed by atoms with Crippen molar-refractivity contribution in [3.63, 3.8) is 0 Å². The van der Waals surface area contributed by atoms with Gasteiger partial charge in [-0.15, -0.1) is 11.3 Å². The van der Waals surface area contributed by atoms with E-state index in [4.69, 9.17) is 5.11 Å². The minimum Gasteiger partial charge on any atom is -0.477 e. The summed E-state index contributed by atoms with van der Waals surface area (Å²) in [6.07, 6.45) is 2.98. The van der Waals surface area contributed by atoms with Gasteiger partial charge in [0.25, 0.3) is 0 Å². The van der Waals surface area contributed by atoms with Crippen molar-refractivity contribution in [2.45, 2.75) is 0 Å². The summed E-state index contributed by atoms with van der Waals surface area (Å²) in [5, 5.41) is 9.35. The van der Waals surface area contributed by atoms with Gasteiger partial charge >= 0.3 is 5.97 Å². The van der Waals surface area contributed by atoms with Crippen LogP contribution in [0, 0.1) is 0 Å². The summed E-state index contributed by atoms with van der Waals surface area (Å²) in [4.78, 5) is 19.0. The first-order chi connectivity index (χ1) is 7.18. The van der Waals surface area contributed by atoms with Crippen LogP contribution in [0.25, 0.3) is 10.7 Å². The van der Waals surface area contributed by atoms with Crippen LogP contribution in [0.15, 0.2) is 29.0 Å². The minimum absolute atomic E-state index is 0.211. The Labute approximate surface area is 97.8 Å². The molecular weight excluding hydrogens is 280 g/mol. The Bertz CT molecular complexity index is 512. The Hall–Kier alpha value is -1.27. The maximum absolute atomic E-state index is 10.7. The average Bonchev–Trinajstić information content (AvgIpc) is 2.67. The lowest BCUT2D eigenvalue weighted by Crippen LogP contribution is -1.89. The Morgan fingerprint density at radius 3 is 2.87 bits per heavy atom. The van der Waals surface area contributed by atoms with E-state index in [0.717, 1.165) is 15.8 Å². The summed E-state index contributed by atoms with van der Waals surface area (Å²) in [5.41, 5.74) is 0.662. The Morgan fingerprint density at radius 1 is 1.47 bits per heavy atom. The van der Waals surface area contributed by atoms with E-state index in [-0.39, 0.29) is 4.88 Å². The number of aromatic nitrogens is 2. The van der Waals surface area contributed by atoms with Crippen molar-refractivity contribution in [2.75, 3.05) is 0 Å². The molecule has 76 valence electrons. The van der Waals surface area contributed by atoms with Crippen molar-refractivity contribution in [1.29, 1.82) is 0 Å². The molecule has 0 bridgehead atoms. The third-order valence-electron chi connectivity index (χ3n) is 1.68. The lowest BCUT2D eigenvalue weighted by Gasteiger charge is -1.96. The third-order valence-corrected chi connectivity index (χ3v) is 3.31. The summed E-state index contributed by atoms with van der Waals surface area (Å²) in [6.45, 7) is 0. The Kier molecular flexibility index (Phi) is 2.79. The molecule has 2 aromatic rings. The highest BCUT2D eigenvalue weighted by molar-refractivity contribution is 9.10. The molecule has 0 unspecified atom stereocenters. The highest BCUT2D eigenvalue weighted by atomic mass is 79.9. The van der Waals surface area contributed by atoms with Crippen LogP contribution >= 0.6 is 27.3 Å². The number of carbonyl (C=O) groups is 1. The summed E-state index contributed by atoms with van der Waals surface area (Å²) in [7, 11) is 0. The lowest BCUT2D eigenvalue weighted by atomic mass is 10.4. The average molecular weight is 285 g/mol. The first-order valence-corrected chi connectivity index (χ1v) is 5.59. The van der Waals surface area contributed by atoms with Gasteiger partial charge in [0.15, 0.2) is 0 Å². The summed E-state index contributed by atoms with van der Waals surface area (Å²) < 4.78 is 0.802. The summed E-state index contributed by atoms with van der Waals surface area (Å²) in [5.74, 6) is -0.967. The quantitative estimate of drug-likeness (QED) is 0.921. The van der Waals surface area contributed by atoms with Gasteiger partial charge in [0.1, 0.15) is 15.6 Å². The Balaban J connectivity index is 2.46. The monoisotopic (exact) mass is 284 g/mol. The molecule has 0 amide bonds. The molecule has 15 heavy (non-hydrogen) atoms. The second kappa shape index (κ2) is 4.08. The fourth-order valence-electron chi connectivity index (χ4n) is 1.03. The highest BCUT2D eigenvalue weighted by Gasteiger charge is 2.12. The van der Waals surface area contributed by atoms with E-state index in [9.17, 15) is 4.79 Å². The molecule has 0 saturated heterocycles. The first-order valence-electron chi connectivity index (χ1n) is 3.98. The number of hydrogen-bond donors (Lipinski definition) is 1. The van der Waals surface area contributed by atoms with Crippen LogP contribution in [-0.2, 0) is 0 Å². The van der Waals surface area contributed by atoms with Gasteiger partial charge < -0.3 is 5.11 Å². The minimum atomic E-state index is -0.967. The predicted octanol–water partition coefficient (Wildman–Crippen LogP) is 2.67. The zero-order valence-electron chi connectivity index (χ0n) is 7.35. The van der Waals surface area contributed by atoms with Crippen LogP contribution in [0.1, 0.15) is 9.67 Å². The van der Waals surface area contributed by atoms with Crippen LogP contribution in [0.2, 0.25) is 0 Å². The molecule has 0 atom stereocenters. The van der Waals surface area contributed by atoms with Crippen LogP contribution in [0.4, 0.5) is 0 Å². The van der Waals surface area contributed by atoms with Crippen molar-refractivity contribution in [3.8, 4) is 10.7 Å². The normalized spacial score (nSPS) is 10.2. The molecular formula is C9H5BrN2O2S. The largest absolute Gasteiger partial charge is 0.477 e. The van der Waals surface area contributed by atoms with E-state index in [1.807, 2.05) is 6.07 Å². The van der Waals surface area contributed by atoms with E-state index < -0.39 is 5.97 Å². The molecule has 0 aliphatic rings. The zero-order chi connectivity index (χ0) is 10.8. The van der Waals surface area contributed by atoms with Gasteiger partial charge in [0, 0.05) is 10.7 Å². The van der Waals surface area contributed by atoms with Gasteiger partial charge in [0.05, 0.1) is 6.20 Å².